The summed E-state index contributed by atoms with van der Waals surface area (Å²) in [5, 5.41) is 22.3. The molecule has 3 heteroatoms. The Labute approximate surface area is 184 Å². The second-order valence-electron chi connectivity index (χ2n) is 12.6. The van der Waals surface area contributed by atoms with E-state index in [-0.39, 0.29) is 17.3 Å². The Morgan fingerprint density at radius 1 is 0.933 bits per heavy atom. The van der Waals surface area contributed by atoms with Crippen LogP contribution in [0.1, 0.15) is 105 Å². The van der Waals surface area contributed by atoms with E-state index in [9.17, 15) is 15.0 Å². The fraction of sp³-hybridized carbons (Fsp3) is 0.963. The number of fused-ring (bicyclic) bond motifs is 5. The van der Waals surface area contributed by atoms with Crippen LogP contribution in [0.2, 0.25) is 0 Å². The maximum absolute atomic E-state index is 12.2. The van der Waals surface area contributed by atoms with E-state index in [1.165, 1.54) is 38.5 Å². The lowest BCUT2D eigenvalue weighted by Gasteiger charge is -2.63. The highest BCUT2D eigenvalue weighted by Gasteiger charge is 2.65. The molecule has 172 valence electrons. The predicted octanol–water partition coefficient (Wildman–Crippen LogP) is 5.97. The smallest absolute Gasteiger partial charge is 0.166 e. The standard InChI is InChI=1S/C27H46O3/c1-17(2)23(28)12-9-18(3)20-10-11-21-19-16-27(29,30)24-8-6-7-14-26(24,5)22(19)13-15-25(20,21)4/h17-22,24,29-30H,6-16H2,1-5H3/t18-,19+,20-,21+,22+,24?,25-,26-/m1/s1. The van der Waals surface area contributed by atoms with Crippen LogP contribution in [-0.2, 0) is 4.79 Å². The van der Waals surface area contributed by atoms with Crippen LogP contribution in [0, 0.1) is 52.3 Å². The van der Waals surface area contributed by atoms with Gasteiger partial charge in [-0.05, 0) is 85.4 Å². The number of hydrogen-bond acceptors (Lipinski definition) is 3. The molecule has 0 aromatic rings. The van der Waals surface area contributed by atoms with Gasteiger partial charge in [0, 0.05) is 24.7 Å². The zero-order valence-electron chi connectivity index (χ0n) is 20.1. The van der Waals surface area contributed by atoms with E-state index in [4.69, 9.17) is 0 Å². The zero-order valence-corrected chi connectivity index (χ0v) is 20.1. The third kappa shape index (κ3) is 3.51. The van der Waals surface area contributed by atoms with Gasteiger partial charge in [-0.15, -0.1) is 0 Å². The van der Waals surface area contributed by atoms with Crippen molar-refractivity contribution in [2.75, 3.05) is 0 Å². The van der Waals surface area contributed by atoms with E-state index in [2.05, 4.69) is 20.8 Å². The number of carbonyl (C=O) groups is 1. The van der Waals surface area contributed by atoms with Crippen molar-refractivity contribution in [3.63, 3.8) is 0 Å². The van der Waals surface area contributed by atoms with Crippen molar-refractivity contribution in [2.45, 2.75) is 111 Å². The van der Waals surface area contributed by atoms with E-state index in [0.717, 1.165) is 25.7 Å². The van der Waals surface area contributed by atoms with Crippen molar-refractivity contribution < 1.29 is 15.0 Å². The summed E-state index contributed by atoms with van der Waals surface area (Å²) in [6.45, 7) is 11.3. The zero-order chi connectivity index (χ0) is 21.9. The molecule has 4 saturated carbocycles. The summed E-state index contributed by atoms with van der Waals surface area (Å²) in [5.41, 5.74) is 0.398. The first-order valence-electron chi connectivity index (χ1n) is 13.0. The molecule has 0 aliphatic heterocycles. The SMILES string of the molecule is CC(C)C(=O)CC[C@@H](C)[C@H]1CC[C@H]2[C@@H]3CC(O)(O)C4CCCC[C@]4(C)[C@H]3CC[C@]12C. The number of carbonyl (C=O) groups excluding carboxylic acids is 1. The molecule has 4 rings (SSSR count). The van der Waals surface area contributed by atoms with Crippen LogP contribution < -0.4 is 0 Å². The molecular weight excluding hydrogens is 372 g/mol. The van der Waals surface area contributed by atoms with Crippen LogP contribution >= 0.6 is 0 Å². The van der Waals surface area contributed by atoms with Gasteiger partial charge in [-0.25, -0.2) is 0 Å². The normalized spacial score (nSPS) is 46.1. The molecule has 0 saturated heterocycles. The van der Waals surface area contributed by atoms with Crippen molar-refractivity contribution in [1.29, 1.82) is 0 Å². The molecule has 2 N–H and O–H groups in total. The van der Waals surface area contributed by atoms with E-state index in [1.54, 1.807) is 0 Å². The lowest BCUT2D eigenvalue weighted by Crippen LogP contribution is -2.62. The third-order valence-corrected chi connectivity index (χ3v) is 10.9. The van der Waals surface area contributed by atoms with E-state index in [1.807, 2.05) is 13.8 Å². The number of Topliss-reactive ketones (excluding diaryl/α,β-unsaturated/α-hetero) is 1. The minimum Gasteiger partial charge on any atom is -0.365 e. The first-order chi connectivity index (χ1) is 14.0. The molecule has 8 atom stereocenters. The number of hydrogen-bond donors (Lipinski definition) is 2. The fourth-order valence-corrected chi connectivity index (χ4v) is 9.28. The highest BCUT2D eigenvalue weighted by Crippen LogP contribution is 2.69. The Kier molecular flexibility index (Phi) is 5.97. The van der Waals surface area contributed by atoms with Gasteiger partial charge in [-0.2, -0.15) is 0 Å². The molecule has 0 bridgehead atoms. The van der Waals surface area contributed by atoms with E-state index < -0.39 is 5.79 Å². The van der Waals surface area contributed by atoms with Crippen LogP contribution in [0.4, 0.5) is 0 Å². The highest BCUT2D eigenvalue weighted by molar-refractivity contribution is 5.80. The Balaban J connectivity index is 1.53. The van der Waals surface area contributed by atoms with Gasteiger partial charge >= 0.3 is 0 Å². The molecule has 30 heavy (non-hydrogen) atoms. The van der Waals surface area contributed by atoms with Gasteiger partial charge < -0.3 is 10.2 Å². The molecule has 0 aromatic heterocycles. The second-order valence-corrected chi connectivity index (χ2v) is 12.6. The summed E-state index contributed by atoms with van der Waals surface area (Å²) in [6, 6.07) is 0. The maximum atomic E-state index is 12.2. The molecule has 0 amide bonds. The van der Waals surface area contributed by atoms with Gasteiger partial charge in [-0.3, -0.25) is 4.79 Å². The summed E-state index contributed by atoms with van der Waals surface area (Å²) in [5.74, 6) is 2.10. The van der Waals surface area contributed by atoms with Crippen LogP contribution in [0.5, 0.6) is 0 Å². The molecule has 3 nitrogen and oxygen atoms in total. The van der Waals surface area contributed by atoms with Gasteiger partial charge in [0.2, 0.25) is 0 Å². The molecule has 0 aromatic carbocycles. The van der Waals surface area contributed by atoms with Gasteiger partial charge in [0.05, 0.1) is 0 Å². The summed E-state index contributed by atoms with van der Waals surface area (Å²) in [7, 11) is 0. The molecular formula is C27H46O3. The summed E-state index contributed by atoms with van der Waals surface area (Å²) < 4.78 is 0. The van der Waals surface area contributed by atoms with Crippen molar-refractivity contribution in [3.8, 4) is 0 Å². The number of ketones is 1. The Morgan fingerprint density at radius 2 is 1.63 bits per heavy atom. The van der Waals surface area contributed by atoms with E-state index in [0.29, 0.717) is 47.2 Å². The Morgan fingerprint density at radius 3 is 2.33 bits per heavy atom. The largest absolute Gasteiger partial charge is 0.365 e. The van der Waals surface area contributed by atoms with E-state index >= 15 is 0 Å². The van der Waals surface area contributed by atoms with Crippen molar-refractivity contribution >= 4 is 5.78 Å². The van der Waals surface area contributed by atoms with Gasteiger partial charge in [0.15, 0.2) is 5.79 Å². The lowest BCUT2D eigenvalue weighted by molar-refractivity contribution is -0.296. The summed E-state index contributed by atoms with van der Waals surface area (Å²) in [6.07, 6.45) is 11.9. The van der Waals surface area contributed by atoms with Crippen LogP contribution in [-0.4, -0.2) is 21.8 Å². The number of aliphatic hydroxyl groups is 2. The molecule has 0 spiro atoms. The molecule has 0 heterocycles. The maximum Gasteiger partial charge on any atom is 0.166 e. The van der Waals surface area contributed by atoms with Crippen LogP contribution in [0.3, 0.4) is 0 Å². The summed E-state index contributed by atoms with van der Waals surface area (Å²) in [4.78, 5) is 12.2. The monoisotopic (exact) mass is 418 g/mol. The van der Waals surface area contributed by atoms with Crippen molar-refractivity contribution in [2.24, 2.45) is 52.3 Å². The first-order valence-corrected chi connectivity index (χ1v) is 13.0. The quantitative estimate of drug-likeness (QED) is 0.541. The average molecular weight is 419 g/mol. The molecule has 0 radical (unpaired) electrons. The molecule has 4 aliphatic carbocycles. The Hall–Kier alpha value is -0.410. The average Bonchev–Trinajstić information content (AvgIpc) is 3.03. The highest BCUT2D eigenvalue weighted by atomic mass is 16.5. The third-order valence-electron chi connectivity index (χ3n) is 10.9. The minimum atomic E-state index is -1.48. The molecule has 1 unspecified atom stereocenters. The Bertz CT molecular complexity index is 654. The lowest BCUT2D eigenvalue weighted by atomic mass is 9.43. The predicted molar refractivity (Wildman–Crippen MR) is 121 cm³/mol. The van der Waals surface area contributed by atoms with Crippen LogP contribution in [0.25, 0.3) is 0 Å². The molecule has 4 aliphatic rings. The number of rotatable bonds is 5. The minimum absolute atomic E-state index is 0.0579. The van der Waals surface area contributed by atoms with Gasteiger partial charge in [0.25, 0.3) is 0 Å². The van der Waals surface area contributed by atoms with Crippen molar-refractivity contribution in [1.82, 2.24) is 0 Å². The summed E-state index contributed by atoms with van der Waals surface area (Å²) >= 11 is 0. The van der Waals surface area contributed by atoms with Gasteiger partial charge in [0.1, 0.15) is 5.78 Å². The molecule has 4 fully saturated rings. The van der Waals surface area contributed by atoms with Gasteiger partial charge in [-0.1, -0.05) is 47.5 Å². The van der Waals surface area contributed by atoms with Crippen molar-refractivity contribution in [3.05, 3.63) is 0 Å². The second kappa shape index (κ2) is 7.87. The fourth-order valence-electron chi connectivity index (χ4n) is 9.28. The topological polar surface area (TPSA) is 57.5 Å². The van der Waals surface area contributed by atoms with Crippen LogP contribution in [0.15, 0.2) is 0 Å². The first kappa shape index (κ1) is 22.8.